The van der Waals surface area contributed by atoms with Crippen LogP contribution in [-0.2, 0) is 34.3 Å². The zero-order chi connectivity index (χ0) is 34.1. The number of benzene rings is 3. The summed E-state index contributed by atoms with van der Waals surface area (Å²) in [6.07, 6.45) is -0.0302. The number of aryl methyl sites for hydroxylation is 1. The molecule has 2 heterocycles. The van der Waals surface area contributed by atoms with Crippen molar-refractivity contribution in [1.29, 1.82) is 0 Å². The summed E-state index contributed by atoms with van der Waals surface area (Å²) in [5, 5.41) is 6.39. The molecule has 1 fully saturated rings. The summed E-state index contributed by atoms with van der Waals surface area (Å²) in [7, 11) is 0. The molecule has 1 amide bonds. The maximum Gasteiger partial charge on any atom is 0.416 e. The van der Waals surface area contributed by atoms with E-state index in [0.717, 1.165) is 80.2 Å². The first-order valence-electron chi connectivity index (χ1n) is 16.5. The van der Waals surface area contributed by atoms with Gasteiger partial charge in [-0.2, -0.15) is 13.2 Å². The van der Waals surface area contributed by atoms with Gasteiger partial charge in [0.05, 0.1) is 11.3 Å². The van der Waals surface area contributed by atoms with Gasteiger partial charge in [0.15, 0.2) is 5.72 Å². The van der Waals surface area contributed by atoms with Gasteiger partial charge < -0.3 is 25.0 Å². The third-order valence-corrected chi connectivity index (χ3v) is 8.40. The molecule has 0 saturated carbocycles. The summed E-state index contributed by atoms with van der Waals surface area (Å²) in [5.41, 5.74) is 4.69. The fraction of sp³-hybridized carbons (Fsp3) is 0.368. The van der Waals surface area contributed by atoms with Gasteiger partial charge in [-0.05, 0) is 86.7 Å². The molecule has 0 radical (unpaired) electrons. The minimum atomic E-state index is -4.46. The van der Waals surface area contributed by atoms with E-state index in [-0.39, 0.29) is 6.54 Å². The number of ether oxygens (including phenoxy) is 2. The van der Waals surface area contributed by atoms with Crippen LogP contribution in [0.1, 0.15) is 66.2 Å². The molecule has 7 nitrogen and oxygen atoms in total. The molecule has 0 bridgehead atoms. The van der Waals surface area contributed by atoms with Crippen molar-refractivity contribution in [2.75, 3.05) is 43.1 Å². The van der Waals surface area contributed by atoms with E-state index < -0.39 is 23.4 Å². The number of nitrogens with one attached hydrogen (secondary N) is 2. The highest BCUT2D eigenvalue weighted by molar-refractivity contribution is 5.95. The predicted octanol–water partition coefficient (Wildman–Crippen LogP) is 8.20. The highest BCUT2D eigenvalue weighted by atomic mass is 19.4. The Bertz CT molecular complexity index is 1690. The second-order valence-electron chi connectivity index (χ2n) is 11.9. The van der Waals surface area contributed by atoms with E-state index in [4.69, 9.17) is 9.47 Å². The van der Waals surface area contributed by atoms with Crippen molar-refractivity contribution in [3.63, 3.8) is 0 Å². The maximum atomic E-state index is 13.2. The number of hydrogen-bond acceptors (Lipinski definition) is 6. The second kappa shape index (κ2) is 15.7. The van der Waals surface area contributed by atoms with Crippen molar-refractivity contribution < 1.29 is 27.4 Å². The molecular weight excluding hydrogens is 617 g/mol. The third-order valence-electron chi connectivity index (χ3n) is 8.40. The topological polar surface area (TPSA) is 79.0 Å². The second-order valence-corrected chi connectivity index (χ2v) is 11.9. The Kier molecular flexibility index (Phi) is 11.4. The Labute approximate surface area is 280 Å². The van der Waals surface area contributed by atoms with Gasteiger partial charge in [0.25, 0.3) is 5.91 Å². The summed E-state index contributed by atoms with van der Waals surface area (Å²) >= 11 is 0. The van der Waals surface area contributed by atoms with Crippen molar-refractivity contribution in [2.45, 2.75) is 58.5 Å². The SMILES string of the molecule is CCCOCCCc1cccc(C2(Nc3ccc(N(CC)CC)cc3-c3cc(C(=O)NCc4cccc(C(F)(F)F)c4)ccn3)CO2)c1. The molecule has 48 heavy (non-hydrogen) atoms. The molecule has 5 rings (SSSR count). The lowest BCUT2D eigenvalue weighted by Gasteiger charge is -2.24. The van der Waals surface area contributed by atoms with E-state index in [1.165, 1.54) is 11.6 Å². The Morgan fingerprint density at radius 3 is 2.46 bits per heavy atom. The molecule has 1 saturated heterocycles. The van der Waals surface area contributed by atoms with Crippen LogP contribution in [0.25, 0.3) is 11.3 Å². The molecule has 254 valence electrons. The molecular formula is C38H43F3N4O3. The molecule has 0 spiro atoms. The number of rotatable bonds is 16. The van der Waals surface area contributed by atoms with E-state index in [0.29, 0.717) is 23.4 Å². The van der Waals surface area contributed by atoms with Crippen LogP contribution in [0, 0.1) is 0 Å². The van der Waals surface area contributed by atoms with Crippen molar-refractivity contribution in [3.8, 4) is 11.3 Å². The van der Waals surface area contributed by atoms with Crippen LogP contribution in [0.2, 0.25) is 0 Å². The van der Waals surface area contributed by atoms with Gasteiger partial charge in [0.2, 0.25) is 0 Å². The number of pyridine rings is 1. The summed E-state index contributed by atoms with van der Waals surface area (Å²) in [5.74, 6) is -0.413. The number of nitrogens with zero attached hydrogens (tertiary/aromatic N) is 2. The monoisotopic (exact) mass is 660 g/mol. The van der Waals surface area contributed by atoms with Crippen molar-refractivity contribution in [3.05, 3.63) is 113 Å². The fourth-order valence-corrected chi connectivity index (χ4v) is 5.70. The summed E-state index contributed by atoms with van der Waals surface area (Å²) in [6.45, 7) is 9.89. The minimum Gasteiger partial charge on any atom is -0.381 e. The predicted molar refractivity (Wildman–Crippen MR) is 183 cm³/mol. The number of alkyl halides is 3. The molecule has 0 aliphatic carbocycles. The molecule has 1 aromatic heterocycles. The van der Waals surface area contributed by atoms with Crippen LogP contribution in [-0.4, -0.2) is 43.8 Å². The van der Waals surface area contributed by atoms with Crippen LogP contribution in [0.5, 0.6) is 0 Å². The first-order valence-corrected chi connectivity index (χ1v) is 16.5. The van der Waals surface area contributed by atoms with Crippen LogP contribution < -0.4 is 15.5 Å². The Hall–Kier alpha value is -4.41. The van der Waals surface area contributed by atoms with E-state index in [1.54, 1.807) is 24.4 Å². The highest BCUT2D eigenvalue weighted by Crippen LogP contribution is 2.43. The van der Waals surface area contributed by atoms with Crippen molar-refractivity contribution in [1.82, 2.24) is 10.3 Å². The largest absolute Gasteiger partial charge is 0.416 e. The van der Waals surface area contributed by atoms with Crippen LogP contribution in [0.4, 0.5) is 24.5 Å². The van der Waals surface area contributed by atoms with E-state index in [9.17, 15) is 18.0 Å². The molecule has 4 aromatic rings. The Morgan fingerprint density at radius 1 is 0.958 bits per heavy atom. The molecule has 1 aliphatic rings. The molecule has 1 aliphatic heterocycles. The maximum absolute atomic E-state index is 13.2. The lowest BCUT2D eigenvalue weighted by molar-refractivity contribution is -0.137. The van der Waals surface area contributed by atoms with Crippen LogP contribution in [0.3, 0.4) is 0 Å². The van der Waals surface area contributed by atoms with Gasteiger partial charge in [-0.3, -0.25) is 9.78 Å². The minimum absolute atomic E-state index is 0.0463. The van der Waals surface area contributed by atoms with Gasteiger partial charge in [0.1, 0.15) is 6.61 Å². The number of hydrogen-bond donors (Lipinski definition) is 2. The first-order chi connectivity index (χ1) is 23.2. The quantitative estimate of drug-likeness (QED) is 0.0932. The average molecular weight is 661 g/mol. The average Bonchev–Trinajstić information content (AvgIpc) is 3.89. The molecule has 3 aromatic carbocycles. The number of anilines is 2. The molecule has 1 unspecified atom stereocenters. The number of aromatic nitrogens is 1. The van der Waals surface area contributed by atoms with E-state index in [1.807, 2.05) is 6.07 Å². The number of halogens is 3. The Balaban J connectivity index is 1.38. The van der Waals surface area contributed by atoms with Gasteiger partial charge in [-0.15, -0.1) is 0 Å². The highest BCUT2D eigenvalue weighted by Gasteiger charge is 2.47. The van der Waals surface area contributed by atoms with E-state index >= 15 is 0 Å². The normalized spacial score (nSPS) is 15.6. The smallest absolute Gasteiger partial charge is 0.381 e. The standard InChI is InChI=1S/C38H43F3N4O3/c1-4-19-47-20-9-12-27-10-7-13-30(21-27)37(26-48-37)44-34-16-15-32(45(5-2)6-3)24-33(34)35-23-29(17-18-42-35)36(46)43-25-28-11-8-14-31(22-28)38(39,40)41/h7-8,10-11,13-18,21-24,44H,4-6,9,12,19-20,25-26H2,1-3H3,(H,43,46). The molecule has 2 N–H and O–H groups in total. The number of epoxide rings is 1. The lowest BCUT2D eigenvalue weighted by atomic mass is 10.00. The lowest BCUT2D eigenvalue weighted by Crippen LogP contribution is -2.24. The first kappa shape index (κ1) is 34.9. The Morgan fingerprint density at radius 2 is 1.73 bits per heavy atom. The third kappa shape index (κ3) is 8.73. The molecule has 1 atom stereocenters. The fourth-order valence-electron chi connectivity index (χ4n) is 5.70. The number of amides is 1. The number of carbonyl (C=O) groups is 1. The van der Waals surface area contributed by atoms with Crippen LogP contribution in [0.15, 0.2) is 85.1 Å². The zero-order valence-electron chi connectivity index (χ0n) is 27.7. The van der Waals surface area contributed by atoms with E-state index in [2.05, 4.69) is 77.7 Å². The van der Waals surface area contributed by atoms with Gasteiger partial charge in [0, 0.05) is 67.1 Å². The summed E-state index contributed by atoms with van der Waals surface area (Å²) < 4.78 is 51.3. The van der Waals surface area contributed by atoms with Gasteiger partial charge >= 0.3 is 6.18 Å². The summed E-state index contributed by atoms with van der Waals surface area (Å²) in [4.78, 5) is 20.1. The van der Waals surface area contributed by atoms with Gasteiger partial charge in [-0.1, -0.05) is 43.3 Å². The van der Waals surface area contributed by atoms with Crippen molar-refractivity contribution in [2.24, 2.45) is 0 Å². The molecule has 10 heteroatoms. The van der Waals surface area contributed by atoms with Crippen LogP contribution >= 0.6 is 0 Å². The zero-order valence-corrected chi connectivity index (χ0v) is 27.7. The van der Waals surface area contributed by atoms with Gasteiger partial charge in [-0.25, -0.2) is 0 Å². The number of carbonyl (C=O) groups excluding carboxylic acids is 1. The summed E-state index contributed by atoms with van der Waals surface area (Å²) in [6, 6.07) is 22.8. The van der Waals surface area contributed by atoms with Crippen molar-refractivity contribution >= 4 is 17.3 Å².